The van der Waals surface area contributed by atoms with Crippen LogP contribution < -0.4 is 0 Å². The highest BCUT2D eigenvalue weighted by Crippen LogP contribution is 2.34. The zero-order valence-electron chi connectivity index (χ0n) is 8.12. The molecule has 4 heteroatoms. The molecule has 0 saturated heterocycles. The Morgan fingerprint density at radius 1 is 1.31 bits per heavy atom. The van der Waals surface area contributed by atoms with Crippen molar-refractivity contribution in [3.8, 4) is 0 Å². The van der Waals surface area contributed by atoms with E-state index in [-0.39, 0.29) is 23.4 Å². The summed E-state index contributed by atoms with van der Waals surface area (Å²) in [5, 5.41) is 8.90. The first-order chi connectivity index (χ1) is 6.04. The van der Waals surface area contributed by atoms with Gasteiger partial charge in [0, 0.05) is 5.92 Å². The minimum Gasteiger partial charge on any atom is -0.481 e. The maximum absolute atomic E-state index is 11.2. The second-order valence-electron chi connectivity index (χ2n) is 3.95. The SMILES string of the molecule is BC(=O)C1CCCC(C(=O)O)C1C. The predicted octanol–water partition coefficient (Wildman–Crippen LogP) is 0.283. The standard InChI is InChI=1S/C9H15BO3/c1-5-6(8(10)11)3-2-4-7(5)9(12)13/h5-7H,2-4,10H2,1H3,(H,12,13). The Kier molecular flexibility index (Phi) is 3.12. The monoisotopic (exact) mass is 182 g/mol. The molecule has 1 aliphatic rings. The van der Waals surface area contributed by atoms with Gasteiger partial charge >= 0.3 is 5.97 Å². The molecule has 1 N–H and O–H groups in total. The van der Waals surface area contributed by atoms with Crippen LogP contribution in [0.1, 0.15) is 26.2 Å². The van der Waals surface area contributed by atoms with E-state index in [1.54, 1.807) is 7.85 Å². The van der Waals surface area contributed by atoms with E-state index in [0.717, 1.165) is 19.3 Å². The summed E-state index contributed by atoms with van der Waals surface area (Å²) in [5.74, 6) is -1.10. The number of hydrogen-bond donors (Lipinski definition) is 1. The summed E-state index contributed by atoms with van der Waals surface area (Å²) in [6, 6.07) is 0. The largest absolute Gasteiger partial charge is 0.481 e. The van der Waals surface area contributed by atoms with Gasteiger partial charge in [-0.2, -0.15) is 0 Å². The first-order valence-electron chi connectivity index (χ1n) is 4.77. The molecule has 13 heavy (non-hydrogen) atoms. The van der Waals surface area contributed by atoms with Crippen molar-refractivity contribution in [3.63, 3.8) is 0 Å². The first kappa shape index (κ1) is 10.3. The number of carboxylic acids is 1. The van der Waals surface area contributed by atoms with Crippen molar-refractivity contribution < 1.29 is 14.7 Å². The maximum Gasteiger partial charge on any atom is 0.306 e. The van der Waals surface area contributed by atoms with Gasteiger partial charge in [-0.15, -0.1) is 0 Å². The fraction of sp³-hybridized carbons (Fsp3) is 0.778. The van der Waals surface area contributed by atoms with Crippen LogP contribution >= 0.6 is 0 Å². The third-order valence-corrected chi connectivity index (χ3v) is 3.14. The summed E-state index contributed by atoms with van der Waals surface area (Å²) in [6.45, 7) is 1.88. The Morgan fingerprint density at radius 3 is 2.31 bits per heavy atom. The fourth-order valence-corrected chi connectivity index (χ4v) is 2.29. The highest BCUT2D eigenvalue weighted by atomic mass is 16.4. The Hall–Kier alpha value is -0.795. The molecule has 0 radical (unpaired) electrons. The molecule has 1 fully saturated rings. The predicted molar refractivity (Wildman–Crippen MR) is 51.2 cm³/mol. The van der Waals surface area contributed by atoms with E-state index < -0.39 is 5.97 Å². The maximum atomic E-state index is 11.2. The van der Waals surface area contributed by atoms with Crippen LogP contribution in [0, 0.1) is 17.8 Å². The first-order valence-corrected chi connectivity index (χ1v) is 4.77. The molecule has 0 amide bonds. The Morgan fingerprint density at radius 2 is 1.85 bits per heavy atom. The Balaban J connectivity index is 2.71. The molecule has 1 aliphatic carbocycles. The number of rotatable bonds is 2. The van der Waals surface area contributed by atoms with Crippen molar-refractivity contribution in [2.24, 2.45) is 17.8 Å². The number of aliphatic carboxylic acids is 1. The number of carbonyl (C=O) groups excluding carboxylic acids is 1. The molecule has 0 spiro atoms. The van der Waals surface area contributed by atoms with Crippen molar-refractivity contribution in [1.82, 2.24) is 0 Å². The molecule has 1 saturated carbocycles. The van der Waals surface area contributed by atoms with Gasteiger partial charge in [0.2, 0.25) is 0 Å². The summed E-state index contributed by atoms with van der Waals surface area (Å²) in [5.41, 5.74) is 0.137. The molecular weight excluding hydrogens is 167 g/mol. The summed E-state index contributed by atoms with van der Waals surface area (Å²) in [7, 11) is 1.56. The molecule has 0 aliphatic heterocycles. The topological polar surface area (TPSA) is 54.4 Å². The van der Waals surface area contributed by atoms with Gasteiger partial charge in [0.15, 0.2) is 7.85 Å². The van der Waals surface area contributed by atoms with E-state index in [2.05, 4.69) is 0 Å². The molecule has 0 aromatic carbocycles. The Labute approximate surface area is 78.9 Å². The summed E-state index contributed by atoms with van der Waals surface area (Å²) in [4.78, 5) is 22.0. The molecule has 3 nitrogen and oxygen atoms in total. The lowest BCUT2D eigenvalue weighted by Crippen LogP contribution is -2.35. The molecule has 0 heterocycles. The van der Waals surface area contributed by atoms with Crippen molar-refractivity contribution in [2.45, 2.75) is 26.2 Å². The molecule has 0 aromatic heterocycles. The third kappa shape index (κ3) is 2.11. The lowest BCUT2D eigenvalue weighted by molar-refractivity contribution is -0.146. The minimum absolute atomic E-state index is 0.00347. The fourth-order valence-electron chi connectivity index (χ4n) is 2.29. The van der Waals surface area contributed by atoms with Crippen LogP contribution in [-0.2, 0) is 9.59 Å². The second-order valence-corrected chi connectivity index (χ2v) is 3.95. The summed E-state index contributed by atoms with van der Waals surface area (Å²) >= 11 is 0. The Bertz CT molecular complexity index is 205. The van der Waals surface area contributed by atoms with Crippen molar-refractivity contribution >= 4 is 19.5 Å². The molecule has 0 bridgehead atoms. The highest BCUT2D eigenvalue weighted by Gasteiger charge is 2.35. The van der Waals surface area contributed by atoms with Gasteiger partial charge < -0.3 is 9.90 Å². The summed E-state index contributed by atoms with van der Waals surface area (Å²) < 4.78 is 0. The smallest absolute Gasteiger partial charge is 0.306 e. The van der Waals surface area contributed by atoms with Crippen LogP contribution in [-0.4, -0.2) is 24.6 Å². The zero-order valence-corrected chi connectivity index (χ0v) is 8.12. The van der Waals surface area contributed by atoms with Gasteiger partial charge in [-0.05, 0) is 18.8 Å². The lowest BCUT2D eigenvalue weighted by Gasteiger charge is -2.32. The summed E-state index contributed by atoms with van der Waals surface area (Å²) in [6.07, 6.45) is 2.45. The van der Waals surface area contributed by atoms with Crippen LogP contribution in [0.25, 0.3) is 0 Å². The van der Waals surface area contributed by atoms with Gasteiger partial charge in [-0.3, -0.25) is 4.79 Å². The van der Waals surface area contributed by atoms with Crippen molar-refractivity contribution in [2.75, 3.05) is 0 Å². The number of hydrogen-bond acceptors (Lipinski definition) is 2. The quantitative estimate of drug-likeness (QED) is 0.624. The average Bonchev–Trinajstić information content (AvgIpc) is 2.03. The van der Waals surface area contributed by atoms with Gasteiger partial charge in [0.05, 0.1) is 11.6 Å². The molecular formula is C9H15BO3. The molecule has 1 rings (SSSR count). The zero-order chi connectivity index (χ0) is 10.0. The molecule has 0 aromatic rings. The van der Waals surface area contributed by atoms with E-state index in [9.17, 15) is 9.59 Å². The van der Waals surface area contributed by atoms with E-state index in [4.69, 9.17) is 5.11 Å². The third-order valence-electron chi connectivity index (χ3n) is 3.14. The van der Waals surface area contributed by atoms with E-state index in [0.29, 0.717) is 0 Å². The van der Waals surface area contributed by atoms with E-state index in [1.807, 2.05) is 6.92 Å². The molecule has 72 valence electrons. The van der Waals surface area contributed by atoms with Crippen LogP contribution in [0.2, 0.25) is 0 Å². The van der Waals surface area contributed by atoms with Gasteiger partial charge in [0.1, 0.15) is 0 Å². The number of carbonyl (C=O) groups is 2. The number of carboxylic acid groups (broad SMARTS) is 1. The highest BCUT2D eigenvalue weighted by molar-refractivity contribution is 6.58. The second kappa shape index (κ2) is 3.94. The van der Waals surface area contributed by atoms with Crippen LogP contribution in [0.3, 0.4) is 0 Å². The normalized spacial score (nSPS) is 34.1. The average molecular weight is 182 g/mol. The van der Waals surface area contributed by atoms with E-state index >= 15 is 0 Å². The lowest BCUT2D eigenvalue weighted by atomic mass is 9.68. The van der Waals surface area contributed by atoms with E-state index in [1.165, 1.54) is 0 Å². The van der Waals surface area contributed by atoms with Gasteiger partial charge in [-0.25, -0.2) is 0 Å². The van der Waals surface area contributed by atoms with Gasteiger partial charge in [0.25, 0.3) is 0 Å². The van der Waals surface area contributed by atoms with Crippen molar-refractivity contribution in [1.29, 1.82) is 0 Å². The molecule has 3 unspecified atom stereocenters. The van der Waals surface area contributed by atoms with Gasteiger partial charge in [-0.1, -0.05) is 13.3 Å². The van der Waals surface area contributed by atoms with Crippen molar-refractivity contribution in [3.05, 3.63) is 0 Å². The minimum atomic E-state index is -0.751. The van der Waals surface area contributed by atoms with Crippen LogP contribution in [0.15, 0.2) is 0 Å². The van der Waals surface area contributed by atoms with Crippen LogP contribution in [0.4, 0.5) is 0 Å². The molecule has 3 atom stereocenters. The van der Waals surface area contributed by atoms with Crippen LogP contribution in [0.5, 0.6) is 0 Å².